The summed E-state index contributed by atoms with van der Waals surface area (Å²) in [5.41, 5.74) is 6.51. The molecule has 4 atom stereocenters. The molecule has 1 aromatic carbocycles. The quantitative estimate of drug-likeness (QED) is 0.103. The molecule has 1 amide bonds. The summed E-state index contributed by atoms with van der Waals surface area (Å²) in [4.78, 5) is 56.0. The third-order valence-corrected chi connectivity index (χ3v) is 8.85. The number of fused-ring (bicyclic) bond motifs is 1. The summed E-state index contributed by atoms with van der Waals surface area (Å²) in [5.74, 6) is -5.37. The Morgan fingerprint density at radius 3 is 1.86 bits per heavy atom. The van der Waals surface area contributed by atoms with E-state index in [-0.39, 0.29) is 19.1 Å². The van der Waals surface area contributed by atoms with Crippen molar-refractivity contribution in [3.05, 3.63) is 47.0 Å². The van der Waals surface area contributed by atoms with Crippen LogP contribution in [0.2, 0.25) is 0 Å². The van der Waals surface area contributed by atoms with Crippen molar-refractivity contribution in [2.45, 2.75) is 42.4 Å². The van der Waals surface area contributed by atoms with Crippen LogP contribution < -0.4 is 5.73 Å². The number of hydrogen-bond donors (Lipinski definition) is 7. The van der Waals surface area contributed by atoms with Crippen LogP contribution in [-0.4, -0.2) is 152 Å². The number of hydrogen-bond acceptors (Lipinski definition) is 9. The normalized spacial score (nSPS) is 26.1. The Hall–Kier alpha value is -3.89. The first-order valence-corrected chi connectivity index (χ1v) is 14.1. The average Bonchev–Trinajstić information content (AvgIpc) is 2.89. The van der Waals surface area contributed by atoms with Gasteiger partial charge in [-0.25, -0.2) is 0 Å². The highest BCUT2D eigenvalue weighted by Gasteiger charge is 2.67. The number of piperidine rings is 1. The van der Waals surface area contributed by atoms with E-state index in [9.17, 15) is 34.2 Å². The van der Waals surface area contributed by atoms with Crippen LogP contribution in [0.15, 0.2) is 30.4 Å². The maximum atomic E-state index is 11.8. The van der Waals surface area contributed by atoms with Gasteiger partial charge in [0.1, 0.15) is 11.6 Å². The number of likely N-dealkylation sites (N-methyl/N-ethyl adjacent to an activating group) is 1. The molecule has 8 N–H and O–H groups in total. The van der Waals surface area contributed by atoms with Crippen LogP contribution in [0, 0.1) is 0 Å². The molecule has 15 nitrogen and oxygen atoms in total. The maximum Gasteiger partial charge on any atom is 0.317 e. The molecule has 3 aliphatic rings. The SMILES string of the molecule is C[N+]1(C)CC[C@]23CC(O)C=C[C@@]2(O)[C@H]1Cc1ccc(C(N)=O)cc13.O=C(O)CN(CCN(CC(=O)O)CC(=O)O)CC(=O)O. The molecule has 0 aromatic heterocycles. The molecule has 1 fully saturated rings. The molecule has 1 aromatic rings. The van der Waals surface area contributed by atoms with Crippen LogP contribution in [0.3, 0.4) is 0 Å². The lowest BCUT2D eigenvalue weighted by Gasteiger charge is -2.63. The Kier molecular flexibility index (Phi) is 10.5. The van der Waals surface area contributed by atoms with E-state index < -0.39 is 73.1 Å². The summed E-state index contributed by atoms with van der Waals surface area (Å²) in [6.45, 7) is -1.33. The van der Waals surface area contributed by atoms with E-state index in [1.807, 2.05) is 18.2 Å². The highest BCUT2D eigenvalue weighted by molar-refractivity contribution is 5.93. The Morgan fingerprint density at radius 1 is 0.909 bits per heavy atom. The first-order chi connectivity index (χ1) is 20.4. The number of amides is 1. The number of aliphatic carboxylic acids is 4. The number of rotatable bonds is 12. The zero-order valence-corrected chi connectivity index (χ0v) is 24.8. The standard InChI is InChI=1S/C19H24N2O3.C10H16N2O8/c1-21(2)8-7-18-11-14(22)5-6-19(18,24)16(21)10-12-3-4-13(17(20)23)9-15(12)18;13-7(14)3-11(4-8(15)16)1-2-12(5-9(17)18)6-10(19)20/h3-6,9,14,16,22,24H,7-8,10-11H2,1-2H3,(H-,20,23);1-6H2,(H,13,14)(H,15,16)(H,17,18)(H,19,20)/p+1/t14?,16-,18-,19-;/m1./s1. The summed E-state index contributed by atoms with van der Waals surface area (Å²) in [6, 6.07) is 5.62. The predicted molar refractivity (Wildman–Crippen MR) is 154 cm³/mol. The van der Waals surface area contributed by atoms with E-state index >= 15 is 0 Å². The Balaban J connectivity index is 0.000000246. The molecule has 0 spiro atoms. The van der Waals surface area contributed by atoms with E-state index in [0.717, 1.165) is 44.8 Å². The monoisotopic (exact) mass is 621 g/mol. The highest BCUT2D eigenvalue weighted by atomic mass is 16.4. The van der Waals surface area contributed by atoms with Gasteiger partial charge in [-0.1, -0.05) is 12.1 Å². The number of primary amides is 1. The fourth-order valence-corrected chi connectivity index (χ4v) is 6.81. The molecule has 44 heavy (non-hydrogen) atoms. The highest BCUT2D eigenvalue weighted by Crippen LogP contribution is 2.57. The molecule has 4 rings (SSSR count). The minimum Gasteiger partial charge on any atom is -0.480 e. The van der Waals surface area contributed by atoms with Gasteiger partial charge in [0.15, 0.2) is 0 Å². The first-order valence-electron chi connectivity index (χ1n) is 14.1. The number of quaternary nitrogens is 1. The van der Waals surface area contributed by atoms with Crippen molar-refractivity contribution in [1.29, 1.82) is 0 Å². The van der Waals surface area contributed by atoms with Crippen molar-refractivity contribution in [3.8, 4) is 0 Å². The molecule has 2 bridgehead atoms. The molecule has 1 heterocycles. The number of likely N-dealkylation sites (tertiary alicyclic amines) is 1. The van der Waals surface area contributed by atoms with Gasteiger partial charge in [-0.3, -0.25) is 33.8 Å². The number of carbonyl (C=O) groups is 5. The second-order valence-electron chi connectivity index (χ2n) is 12.2. The molecular weight excluding hydrogens is 580 g/mol. The van der Waals surface area contributed by atoms with E-state index in [1.165, 1.54) is 0 Å². The van der Waals surface area contributed by atoms with E-state index in [1.54, 1.807) is 12.1 Å². The van der Waals surface area contributed by atoms with E-state index in [2.05, 4.69) is 14.1 Å². The van der Waals surface area contributed by atoms with Crippen molar-refractivity contribution in [2.75, 3.05) is 59.9 Å². The van der Waals surface area contributed by atoms with E-state index in [4.69, 9.17) is 26.2 Å². The number of carboxylic acid groups (broad SMARTS) is 4. The Morgan fingerprint density at radius 2 is 1.41 bits per heavy atom. The lowest BCUT2D eigenvalue weighted by molar-refractivity contribution is -0.930. The van der Waals surface area contributed by atoms with Crippen LogP contribution in [0.25, 0.3) is 0 Å². The predicted octanol–water partition coefficient (Wildman–Crippen LogP) is -1.59. The smallest absolute Gasteiger partial charge is 0.317 e. The first kappa shape index (κ1) is 34.6. The molecule has 1 saturated heterocycles. The summed E-state index contributed by atoms with van der Waals surface area (Å²) in [6.07, 6.45) is 4.95. The number of aliphatic hydroxyl groups is 2. The molecule has 0 saturated carbocycles. The third-order valence-electron chi connectivity index (χ3n) is 8.85. The van der Waals surface area contributed by atoms with Gasteiger partial charge in [-0.2, -0.15) is 0 Å². The van der Waals surface area contributed by atoms with Crippen LogP contribution in [0.5, 0.6) is 0 Å². The third kappa shape index (κ3) is 7.60. The number of carbonyl (C=O) groups excluding carboxylic acids is 1. The summed E-state index contributed by atoms with van der Waals surface area (Å²) in [7, 11) is 4.32. The van der Waals surface area contributed by atoms with Crippen molar-refractivity contribution in [3.63, 3.8) is 0 Å². The molecular formula is C29H41N4O11+. The number of carboxylic acids is 4. The largest absolute Gasteiger partial charge is 0.480 e. The van der Waals surface area contributed by atoms with Gasteiger partial charge in [-0.05, 0) is 35.8 Å². The van der Waals surface area contributed by atoms with Crippen molar-refractivity contribution < 1.29 is 59.1 Å². The minimum absolute atomic E-state index is 0.0296. The van der Waals surface area contributed by atoms with Crippen molar-refractivity contribution in [2.24, 2.45) is 5.73 Å². The van der Waals surface area contributed by atoms with Gasteiger partial charge in [0, 0.05) is 36.9 Å². The van der Waals surface area contributed by atoms with Crippen LogP contribution in [0.4, 0.5) is 0 Å². The lowest BCUT2D eigenvalue weighted by Crippen LogP contribution is -2.76. The van der Waals surface area contributed by atoms with Crippen LogP contribution in [-0.2, 0) is 31.0 Å². The Labute approximate surface area is 254 Å². The van der Waals surface area contributed by atoms with Gasteiger partial charge in [-0.15, -0.1) is 0 Å². The number of nitrogens with zero attached hydrogens (tertiary/aromatic N) is 3. The number of aliphatic hydroxyl groups excluding tert-OH is 1. The molecule has 1 aliphatic heterocycles. The molecule has 242 valence electrons. The fraction of sp³-hybridized carbons (Fsp3) is 0.552. The molecule has 2 aliphatic carbocycles. The average molecular weight is 622 g/mol. The minimum atomic E-state index is -1.23. The molecule has 0 radical (unpaired) electrons. The number of nitrogens with two attached hydrogens (primary N) is 1. The topological polar surface area (TPSA) is 239 Å². The zero-order chi connectivity index (χ0) is 33.0. The van der Waals surface area contributed by atoms with Gasteiger partial charge in [0.2, 0.25) is 5.91 Å². The molecule has 15 heteroatoms. The van der Waals surface area contributed by atoms with Gasteiger partial charge in [0.05, 0.1) is 52.9 Å². The second kappa shape index (κ2) is 13.4. The van der Waals surface area contributed by atoms with Gasteiger partial charge >= 0.3 is 23.9 Å². The zero-order valence-electron chi connectivity index (χ0n) is 24.8. The summed E-state index contributed by atoms with van der Waals surface area (Å²) in [5, 5.41) is 56.5. The number of benzene rings is 1. The van der Waals surface area contributed by atoms with Gasteiger partial charge in [0.25, 0.3) is 0 Å². The second-order valence-corrected chi connectivity index (χ2v) is 12.2. The van der Waals surface area contributed by atoms with Crippen LogP contribution >= 0.6 is 0 Å². The van der Waals surface area contributed by atoms with Crippen molar-refractivity contribution in [1.82, 2.24) is 9.80 Å². The van der Waals surface area contributed by atoms with Crippen LogP contribution in [0.1, 0.15) is 34.3 Å². The Bertz CT molecular complexity index is 1260. The van der Waals surface area contributed by atoms with Gasteiger partial charge < -0.3 is 40.9 Å². The lowest BCUT2D eigenvalue weighted by atomic mass is 9.50. The maximum absolute atomic E-state index is 11.8. The molecule has 1 unspecified atom stereocenters. The fourth-order valence-electron chi connectivity index (χ4n) is 6.81. The summed E-state index contributed by atoms with van der Waals surface area (Å²) >= 11 is 0. The summed E-state index contributed by atoms with van der Waals surface area (Å²) < 4.78 is 0.746. The van der Waals surface area contributed by atoms with Crippen molar-refractivity contribution >= 4 is 29.8 Å². The van der Waals surface area contributed by atoms with E-state index in [0.29, 0.717) is 12.0 Å².